The molecule has 2 aromatic rings. The van der Waals surface area contributed by atoms with E-state index in [2.05, 4.69) is 12.2 Å². The predicted molar refractivity (Wildman–Crippen MR) is 118 cm³/mol. The van der Waals surface area contributed by atoms with Gasteiger partial charge in [0, 0.05) is 31.1 Å². The van der Waals surface area contributed by atoms with Crippen molar-refractivity contribution in [3.63, 3.8) is 0 Å². The molecule has 2 aliphatic rings. The summed E-state index contributed by atoms with van der Waals surface area (Å²) in [5.74, 6) is 0.619. The lowest BCUT2D eigenvalue weighted by Crippen LogP contribution is -2.55. The Labute approximate surface area is 178 Å². The van der Waals surface area contributed by atoms with Crippen molar-refractivity contribution in [2.24, 2.45) is 17.6 Å². The van der Waals surface area contributed by atoms with E-state index in [-0.39, 0.29) is 35.7 Å². The van der Waals surface area contributed by atoms with Gasteiger partial charge in [-0.25, -0.2) is 0 Å². The van der Waals surface area contributed by atoms with Crippen LogP contribution in [0.2, 0.25) is 0 Å². The maximum atomic E-state index is 13.1. The van der Waals surface area contributed by atoms with Crippen molar-refractivity contribution in [3.05, 3.63) is 48.0 Å². The van der Waals surface area contributed by atoms with E-state index in [1.807, 2.05) is 47.4 Å². The molecule has 1 heterocycles. The summed E-state index contributed by atoms with van der Waals surface area (Å²) in [5, 5.41) is 5.26. The zero-order valence-electron chi connectivity index (χ0n) is 16.9. The van der Waals surface area contributed by atoms with E-state index in [0.29, 0.717) is 38.4 Å². The summed E-state index contributed by atoms with van der Waals surface area (Å²) in [6.45, 7) is 3.76. The van der Waals surface area contributed by atoms with Gasteiger partial charge >= 0.3 is 0 Å². The number of amides is 2. The lowest BCUT2D eigenvalue weighted by atomic mass is 9.91. The zero-order chi connectivity index (χ0) is 19.7. The molecule has 2 aromatic carbocycles. The molecule has 1 aliphatic heterocycles. The van der Waals surface area contributed by atoms with E-state index < -0.39 is 0 Å². The number of nitrogens with zero attached hydrogens (tertiary/aromatic N) is 1. The van der Waals surface area contributed by atoms with Crippen molar-refractivity contribution in [2.75, 3.05) is 19.6 Å². The molecule has 1 saturated carbocycles. The van der Waals surface area contributed by atoms with Gasteiger partial charge in [-0.05, 0) is 55.4 Å². The molecule has 3 N–H and O–H groups in total. The van der Waals surface area contributed by atoms with Crippen molar-refractivity contribution in [1.82, 2.24) is 10.2 Å². The molecule has 1 unspecified atom stereocenters. The zero-order valence-corrected chi connectivity index (χ0v) is 17.7. The first kappa shape index (κ1) is 21.6. The van der Waals surface area contributed by atoms with Gasteiger partial charge in [-0.1, -0.05) is 36.4 Å². The average Bonchev–Trinajstić information content (AvgIpc) is 3.59. The van der Waals surface area contributed by atoms with Crippen molar-refractivity contribution in [1.29, 1.82) is 0 Å². The third kappa shape index (κ3) is 4.41. The first-order chi connectivity index (χ1) is 13.5. The van der Waals surface area contributed by atoms with Crippen LogP contribution in [0.15, 0.2) is 42.5 Å². The molecule has 0 radical (unpaired) electrons. The predicted octanol–water partition coefficient (Wildman–Crippen LogP) is 3.36. The number of fused-ring (bicyclic) bond motifs is 1. The summed E-state index contributed by atoms with van der Waals surface area (Å²) in [4.78, 5) is 27.7. The molecular weight excluding hydrogens is 386 g/mol. The maximum absolute atomic E-state index is 13.1. The number of benzene rings is 2. The monoisotopic (exact) mass is 415 g/mol. The Bertz CT molecular complexity index is 885. The summed E-state index contributed by atoms with van der Waals surface area (Å²) in [5.41, 5.74) is 6.39. The Morgan fingerprint density at radius 3 is 2.38 bits per heavy atom. The van der Waals surface area contributed by atoms with Gasteiger partial charge in [0.2, 0.25) is 5.91 Å². The Hall–Kier alpha value is -2.11. The minimum absolute atomic E-state index is 0. The number of carbonyl (C=O) groups is 2. The van der Waals surface area contributed by atoms with Gasteiger partial charge in [-0.2, -0.15) is 0 Å². The average molecular weight is 416 g/mol. The summed E-state index contributed by atoms with van der Waals surface area (Å²) < 4.78 is 0. The smallest absolute Gasteiger partial charge is 0.254 e. The van der Waals surface area contributed by atoms with Crippen molar-refractivity contribution >= 4 is 35.0 Å². The van der Waals surface area contributed by atoms with E-state index in [9.17, 15) is 9.59 Å². The molecule has 2 amide bonds. The lowest BCUT2D eigenvalue weighted by Gasteiger charge is -2.35. The van der Waals surface area contributed by atoms with E-state index in [0.717, 1.165) is 29.2 Å². The quantitative estimate of drug-likeness (QED) is 0.786. The van der Waals surface area contributed by atoms with Crippen molar-refractivity contribution < 1.29 is 9.59 Å². The highest BCUT2D eigenvalue weighted by molar-refractivity contribution is 6.07. The summed E-state index contributed by atoms with van der Waals surface area (Å²) in [7, 11) is 0. The van der Waals surface area contributed by atoms with Crippen molar-refractivity contribution in [3.8, 4) is 0 Å². The molecule has 156 valence electrons. The second kappa shape index (κ2) is 8.72. The molecular formula is C23H30ClN3O2. The first-order valence-electron chi connectivity index (χ1n) is 10.3. The normalized spacial score (nSPS) is 19.3. The highest BCUT2D eigenvalue weighted by Gasteiger charge is 2.42. The van der Waals surface area contributed by atoms with Gasteiger partial charge in [0.15, 0.2) is 0 Å². The number of hydrogen-bond donors (Lipinski definition) is 2. The van der Waals surface area contributed by atoms with Crippen LogP contribution in [0.5, 0.6) is 0 Å². The van der Waals surface area contributed by atoms with E-state index in [1.165, 1.54) is 0 Å². The third-order valence-corrected chi connectivity index (χ3v) is 6.48. The topological polar surface area (TPSA) is 75.4 Å². The molecule has 5 nitrogen and oxygen atoms in total. The van der Waals surface area contributed by atoms with Gasteiger partial charge in [0.25, 0.3) is 5.91 Å². The van der Waals surface area contributed by atoms with Crippen molar-refractivity contribution in [2.45, 2.75) is 38.1 Å². The summed E-state index contributed by atoms with van der Waals surface area (Å²) in [6, 6.07) is 13.8. The molecule has 0 bridgehead atoms. The molecule has 0 aromatic heterocycles. The number of hydrogen-bond acceptors (Lipinski definition) is 3. The van der Waals surface area contributed by atoms with Crippen LogP contribution in [0.25, 0.3) is 10.8 Å². The number of nitrogens with one attached hydrogen (secondary N) is 1. The van der Waals surface area contributed by atoms with E-state index >= 15 is 0 Å². The summed E-state index contributed by atoms with van der Waals surface area (Å²) >= 11 is 0. The van der Waals surface area contributed by atoms with Crippen LogP contribution in [0, 0.1) is 11.8 Å². The fraction of sp³-hybridized carbons (Fsp3) is 0.478. The standard InChI is InChI=1S/C23H29N3O2.ClH/c1-23(15-24,18-9-10-18)25-21(27)17-11-13-26(14-12-17)22(28)20-8-4-6-16-5-2-3-7-19(16)20;/h2-8,17-18H,9-15,24H2,1H3,(H,25,27);1H. The molecule has 29 heavy (non-hydrogen) atoms. The van der Waals surface area contributed by atoms with Crippen LogP contribution in [0.3, 0.4) is 0 Å². The highest BCUT2D eigenvalue weighted by atomic mass is 35.5. The van der Waals surface area contributed by atoms with E-state index in [4.69, 9.17) is 5.73 Å². The SMILES string of the molecule is CC(CN)(NC(=O)C1CCN(C(=O)c2cccc3ccccc23)CC1)C1CC1.Cl. The largest absolute Gasteiger partial charge is 0.349 e. The number of piperidine rings is 1. The Kier molecular flexibility index (Phi) is 6.49. The fourth-order valence-electron chi connectivity index (χ4n) is 4.35. The minimum Gasteiger partial charge on any atom is -0.349 e. The molecule has 6 heteroatoms. The Morgan fingerprint density at radius 1 is 1.07 bits per heavy atom. The maximum Gasteiger partial charge on any atom is 0.254 e. The highest BCUT2D eigenvalue weighted by Crippen LogP contribution is 2.39. The minimum atomic E-state index is -0.285. The van der Waals surface area contributed by atoms with Gasteiger partial charge in [0.1, 0.15) is 0 Å². The number of halogens is 1. The van der Waals surface area contributed by atoms with Gasteiger partial charge in [0.05, 0.1) is 5.54 Å². The van der Waals surface area contributed by atoms with Crippen LogP contribution in [-0.4, -0.2) is 41.9 Å². The number of carbonyl (C=O) groups excluding carboxylic acids is 2. The second-order valence-corrected chi connectivity index (χ2v) is 8.48. The third-order valence-electron chi connectivity index (χ3n) is 6.48. The van der Waals surface area contributed by atoms with Crippen LogP contribution in [0.4, 0.5) is 0 Å². The summed E-state index contributed by atoms with van der Waals surface area (Å²) in [6.07, 6.45) is 3.69. The lowest BCUT2D eigenvalue weighted by molar-refractivity contribution is -0.128. The van der Waals surface area contributed by atoms with E-state index in [1.54, 1.807) is 0 Å². The number of likely N-dealkylation sites (tertiary alicyclic amines) is 1. The van der Waals surface area contributed by atoms with Gasteiger partial charge in [-0.15, -0.1) is 12.4 Å². The molecule has 1 atom stereocenters. The van der Waals surface area contributed by atoms with Crippen LogP contribution < -0.4 is 11.1 Å². The molecule has 0 spiro atoms. The second-order valence-electron chi connectivity index (χ2n) is 8.48. The van der Waals surface area contributed by atoms with Gasteiger partial charge < -0.3 is 16.0 Å². The number of nitrogens with two attached hydrogens (primary N) is 1. The van der Waals surface area contributed by atoms with Gasteiger partial charge in [-0.3, -0.25) is 9.59 Å². The Morgan fingerprint density at radius 2 is 1.72 bits per heavy atom. The van der Waals surface area contributed by atoms with Crippen LogP contribution in [0.1, 0.15) is 43.0 Å². The Balaban J connectivity index is 0.00000240. The van der Waals surface area contributed by atoms with Crippen LogP contribution in [-0.2, 0) is 4.79 Å². The molecule has 1 saturated heterocycles. The van der Waals surface area contributed by atoms with Crippen LogP contribution >= 0.6 is 12.4 Å². The first-order valence-corrected chi connectivity index (χ1v) is 10.3. The molecule has 2 fully saturated rings. The number of rotatable bonds is 5. The molecule has 4 rings (SSSR count). The fourth-order valence-corrected chi connectivity index (χ4v) is 4.35. The molecule has 1 aliphatic carbocycles.